The molecule has 2 rings (SSSR count). The summed E-state index contributed by atoms with van der Waals surface area (Å²) in [4.78, 5) is 0.125. The fourth-order valence-corrected chi connectivity index (χ4v) is 2.65. The maximum absolute atomic E-state index is 11.9. The Kier molecular flexibility index (Phi) is 5.17. The molecule has 4 nitrogen and oxygen atoms in total. The average Bonchev–Trinajstić information content (AvgIpc) is 2.45. The summed E-state index contributed by atoms with van der Waals surface area (Å²) in [5.74, 6) is 0.678. The fourth-order valence-electron chi connectivity index (χ4n) is 1.49. The van der Waals surface area contributed by atoms with Crippen molar-refractivity contribution in [3.8, 4) is 5.75 Å². The van der Waals surface area contributed by atoms with Crippen molar-refractivity contribution in [2.75, 3.05) is 13.2 Å². The van der Waals surface area contributed by atoms with E-state index in [-0.39, 0.29) is 18.1 Å². The Morgan fingerprint density at radius 3 is 2.20 bits per heavy atom. The van der Waals surface area contributed by atoms with Gasteiger partial charge in [-0.05, 0) is 36.4 Å². The van der Waals surface area contributed by atoms with Crippen molar-refractivity contribution in [2.24, 2.45) is 0 Å². The lowest BCUT2D eigenvalue weighted by Gasteiger charge is -2.07. The first kappa shape index (κ1) is 15.0. The Morgan fingerprint density at radius 1 is 0.900 bits per heavy atom. The number of rotatable bonds is 6. The minimum atomic E-state index is -3.73. The lowest BCUT2D eigenvalue weighted by atomic mass is 10.3. The van der Waals surface area contributed by atoms with E-state index >= 15 is 0 Å². The van der Waals surface area contributed by atoms with Crippen LogP contribution in [0.15, 0.2) is 64.0 Å². The van der Waals surface area contributed by atoms with Gasteiger partial charge in [-0.1, -0.05) is 34.1 Å². The van der Waals surface area contributed by atoms with Crippen LogP contribution in [0.2, 0.25) is 0 Å². The van der Waals surface area contributed by atoms with Crippen LogP contribution in [0.3, 0.4) is 0 Å². The molecule has 0 amide bonds. The van der Waals surface area contributed by atoms with E-state index in [1.165, 1.54) is 12.1 Å². The summed E-state index contributed by atoms with van der Waals surface area (Å²) < 4.78 is 34.8. The van der Waals surface area contributed by atoms with Crippen molar-refractivity contribution in [1.82, 2.24) is 0 Å². The number of hydrogen-bond donors (Lipinski definition) is 0. The third kappa shape index (κ3) is 4.33. The topological polar surface area (TPSA) is 52.6 Å². The molecular weight excluding hydrogens is 344 g/mol. The predicted octanol–water partition coefficient (Wildman–Crippen LogP) is 3.23. The van der Waals surface area contributed by atoms with Crippen LogP contribution in [-0.2, 0) is 14.3 Å². The van der Waals surface area contributed by atoms with Gasteiger partial charge in [0, 0.05) is 4.47 Å². The van der Waals surface area contributed by atoms with Crippen molar-refractivity contribution >= 4 is 26.0 Å². The van der Waals surface area contributed by atoms with E-state index in [0.29, 0.717) is 5.75 Å². The van der Waals surface area contributed by atoms with Gasteiger partial charge in [-0.2, -0.15) is 8.42 Å². The molecule has 0 N–H and O–H groups in total. The van der Waals surface area contributed by atoms with E-state index in [1.807, 2.05) is 18.2 Å². The first-order valence-corrected chi connectivity index (χ1v) is 8.11. The summed E-state index contributed by atoms with van der Waals surface area (Å²) in [6.07, 6.45) is 0. The molecule has 0 aromatic heterocycles. The van der Waals surface area contributed by atoms with Gasteiger partial charge < -0.3 is 4.74 Å². The molecule has 2 aromatic carbocycles. The third-order valence-electron chi connectivity index (χ3n) is 2.44. The molecule has 0 radical (unpaired) electrons. The Hall–Kier alpha value is -1.37. The predicted molar refractivity (Wildman–Crippen MR) is 79.2 cm³/mol. The van der Waals surface area contributed by atoms with E-state index in [9.17, 15) is 8.42 Å². The van der Waals surface area contributed by atoms with Gasteiger partial charge >= 0.3 is 0 Å². The van der Waals surface area contributed by atoms with Gasteiger partial charge in [-0.25, -0.2) is 0 Å². The van der Waals surface area contributed by atoms with Gasteiger partial charge in [0.25, 0.3) is 10.1 Å². The molecule has 106 valence electrons. The maximum Gasteiger partial charge on any atom is 0.297 e. The molecular formula is C14H13BrO4S. The Morgan fingerprint density at radius 2 is 1.55 bits per heavy atom. The zero-order chi connectivity index (χ0) is 14.4. The molecule has 0 atom stereocenters. The second kappa shape index (κ2) is 6.88. The number of halogens is 1. The normalized spacial score (nSPS) is 11.2. The second-order valence-corrected chi connectivity index (χ2v) is 6.42. The molecule has 2 aromatic rings. The van der Waals surface area contributed by atoms with Crippen LogP contribution in [0.25, 0.3) is 0 Å². The summed E-state index contributed by atoms with van der Waals surface area (Å²) in [7, 11) is -3.73. The van der Waals surface area contributed by atoms with Crippen LogP contribution in [0.4, 0.5) is 0 Å². The highest BCUT2D eigenvalue weighted by molar-refractivity contribution is 9.10. The number of benzene rings is 2. The van der Waals surface area contributed by atoms with E-state index in [0.717, 1.165) is 4.47 Å². The standard InChI is InChI=1S/C14H13BrO4S/c15-12-6-8-14(9-7-12)20(16,17)19-11-10-18-13-4-2-1-3-5-13/h1-9H,10-11H2. The highest BCUT2D eigenvalue weighted by atomic mass is 79.9. The number of hydrogen-bond acceptors (Lipinski definition) is 4. The van der Waals surface area contributed by atoms with Crippen molar-refractivity contribution in [2.45, 2.75) is 4.90 Å². The first-order valence-electron chi connectivity index (χ1n) is 5.91. The molecule has 0 aliphatic rings. The average molecular weight is 357 g/mol. The maximum atomic E-state index is 11.9. The first-order chi connectivity index (χ1) is 9.58. The zero-order valence-electron chi connectivity index (χ0n) is 10.5. The van der Waals surface area contributed by atoms with Crippen LogP contribution in [0.1, 0.15) is 0 Å². The van der Waals surface area contributed by atoms with Crippen molar-refractivity contribution in [1.29, 1.82) is 0 Å². The molecule has 0 saturated carbocycles. The molecule has 6 heteroatoms. The molecule has 0 aliphatic carbocycles. The van der Waals surface area contributed by atoms with Crippen molar-refractivity contribution in [3.63, 3.8) is 0 Å². The summed E-state index contributed by atoms with van der Waals surface area (Å²) in [6, 6.07) is 15.4. The second-order valence-electron chi connectivity index (χ2n) is 3.89. The van der Waals surface area contributed by atoms with Gasteiger partial charge in [0.05, 0.1) is 4.90 Å². The summed E-state index contributed by atoms with van der Waals surface area (Å²) in [5.41, 5.74) is 0. The number of ether oxygens (including phenoxy) is 1. The van der Waals surface area contributed by atoms with Crippen LogP contribution >= 0.6 is 15.9 Å². The summed E-state index contributed by atoms with van der Waals surface area (Å²) >= 11 is 3.25. The third-order valence-corrected chi connectivity index (χ3v) is 4.29. The van der Waals surface area contributed by atoms with Crippen molar-refractivity contribution in [3.05, 3.63) is 59.1 Å². The van der Waals surface area contributed by atoms with E-state index in [4.69, 9.17) is 8.92 Å². The molecule has 0 fully saturated rings. The summed E-state index contributed by atoms with van der Waals surface area (Å²) in [6.45, 7) is 0.132. The lowest BCUT2D eigenvalue weighted by molar-refractivity contribution is 0.221. The quantitative estimate of drug-likeness (QED) is 0.588. The van der Waals surface area contributed by atoms with Crippen molar-refractivity contribution < 1.29 is 17.3 Å². The highest BCUT2D eigenvalue weighted by Gasteiger charge is 2.14. The molecule has 0 bridgehead atoms. The van der Waals surface area contributed by atoms with Gasteiger partial charge in [0.15, 0.2) is 0 Å². The molecule has 0 saturated heterocycles. The minimum Gasteiger partial charge on any atom is -0.491 e. The largest absolute Gasteiger partial charge is 0.491 e. The van der Waals surface area contributed by atoms with Crippen LogP contribution < -0.4 is 4.74 Å². The Balaban J connectivity index is 1.85. The van der Waals surface area contributed by atoms with Gasteiger partial charge in [0.2, 0.25) is 0 Å². The Bertz CT molecular complexity index is 639. The zero-order valence-corrected chi connectivity index (χ0v) is 12.9. The minimum absolute atomic E-state index is 0.0344. The summed E-state index contributed by atoms with van der Waals surface area (Å²) in [5, 5.41) is 0. The smallest absolute Gasteiger partial charge is 0.297 e. The highest BCUT2D eigenvalue weighted by Crippen LogP contribution is 2.16. The van der Waals surface area contributed by atoms with Gasteiger partial charge in [-0.3, -0.25) is 4.18 Å². The van der Waals surface area contributed by atoms with Gasteiger partial charge in [-0.15, -0.1) is 0 Å². The molecule has 0 heterocycles. The van der Waals surface area contributed by atoms with Crippen LogP contribution in [0.5, 0.6) is 5.75 Å². The van der Waals surface area contributed by atoms with Crippen LogP contribution in [-0.4, -0.2) is 21.6 Å². The fraction of sp³-hybridized carbons (Fsp3) is 0.143. The molecule has 20 heavy (non-hydrogen) atoms. The van der Waals surface area contributed by atoms with Gasteiger partial charge in [0.1, 0.15) is 19.0 Å². The SMILES string of the molecule is O=S(=O)(OCCOc1ccccc1)c1ccc(Br)cc1. The van der Waals surface area contributed by atoms with E-state index in [1.54, 1.807) is 24.3 Å². The number of para-hydroxylation sites is 1. The van der Waals surface area contributed by atoms with Crippen LogP contribution in [0, 0.1) is 0 Å². The Labute approximate surface area is 126 Å². The molecule has 0 aliphatic heterocycles. The molecule has 0 spiro atoms. The van der Waals surface area contributed by atoms with E-state index in [2.05, 4.69) is 15.9 Å². The lowest BCUT2D eigenvalue weighted by Crippen LogP contribution is -2.13. The molecule has 0 unspecified atom stereocenters. The van der Waals surface area contributed by atoms with E-state index < -0.39 is 10.1 Å². The monoisotopic (exact) mass is 356 g/mol.